The lowest BCUT2D eigenvalue weighted by atomic mass is 10.0. The van der Waals surface area contributed by atoms with Gasteiger partial charge in [-0.1, -0.05) is 12.1 Å². The van der Waals surface area contributed by atoms with Crippen molar-refractivity contribution in [3.8, 4) is 0 Å². The fourth-order valence-corrected chi connectivity index (χ4v) is 1.73. The SMILES string of the molecule is CC1(c2ccc(C(F)(F)F)cc2)OC(=O)CC(=O)O1. The molecule has 7 heteroatoms. The molecule has 0 N–H and O–H groups in total. The summed E-state index contributed by atoms with van der Waals surface area (Å²) >= 11 is 0. The predicted molar refractivity (Wildman–Crippen MR) is 55.6 cm³/mol. The third-order valence-electron chi connectivity index (χ3n) is 2.64. The van der Waals surface area contributed by atoms with E-state index in [-0.39, 0.29) is 5.56 Å². The molecule has 1 aliphatic rings. The number of ether oxygens (including phenoxy) is 2. The maximum Gasteiger partial charge on any atom is 0.416 e. The first-order chi connectivity index (χ1) is 8.71. The molecule has 4 nitrogen and oxygen atoms in total. The Kier molecular flexibility index (Phi) is 3.00. The Hall–Kier alpha value is -2.05. The molecule has 2 rings (SSSR count). The summed E-state index contributed by atoms with van der Waals surface area (Å²) < 4.78 is 47.0. The molecule has 0 amide bonds. The van der Waals surface area contributed by atoms with E-state index >= 15 is 0 Å². The maximum absolute atomic E-state index is 12.4. The predicted octanol–water partition coefficient (Wildman–Crippen LogP) is 2.37. The largest absolute Gasteiger partial charge is 0.418 e. The number of carbonyl (C=O) groups excluding carboxylic acids is 2. The molecule has 19 heavy (non-hydrogen) atoms. The molecule has 0 unspecified atom stereocenters. The maximum atomic E-state index is 12.4. The number of rotatable bonds is 1. The van der Waals surface area contributed by atoms with E-state index in [1.807, 2.05) is 0 Å². The van der Waals surface area contributed by atoms with Gasteiger partial charge in [0.15, 0.2) is 0 Å². The molecule has 102 valence electrons. The summed E-state index contributed by atoms with van der Waals surface area (Å²) in [5.74, 6) is -3.24. The molecule has 0 saturated carbocycles. The zero-order valence-electron chi connectivity index (χ0n) is 9.78. The second-order valence-electron chi connectivity index (χ2n) is 4.15. The molecule has 0 aliphatic carbocycles. The molecule has 1 heterocycles. The quantitative estimate of drug-likeness (QED) is 0.582. The third kappa shape index (κ3) is 2.69. The van der Waals surface area contributed by atoms with Gasteiger partial charge in [0.05, 0.1) is 5.56 Å². The van der Waals surface area contributed by atoms with Crippen molar-refractivity contribution in [1.29, 1.82) is 0 Å². The van der Waals surface area contributed by atoms with E-state index in [9.17, 15) is 22.8 Å². The highest BCUT2D eigenvalue weighted by molar-refractivity contribution is 5.93. The van der Waals surface area contributed by atoms with Crippen LogP contribution in [0.4, 0.5) is 13.2 Å². The number of hydrogen-bond donors (Lipinski definition) is 0. The summed E-state index contributed by atoms with van der Waals surface area (Å²) in [6.45, 7) is 1.30. The van der Waals surface area contributed by atoms with Gasteiger partial charge in [-0.3, -0.25) is 9.59 Å². The van der Waals surface area contributed by atoms with Gasteiger partial charge in [0.25, 0.3) is 5.79 Å². The van der Waals surface area contributed by atoms with Crippen LogP contribution in [0.5, 0.6) is 0 Å². The number of esters is 2. The van der Waals surface area contributed by atoms with Gasteiger partial charge in [-0.05, 0) is 12.1 Å². The summed E-state index contributed by atoms with van der Waals surface area (Å²) in [5, 5.41) is 0. The van der Waals surface area contributed by atoms with Crippen LogP contribution < -0.4 is 0 Å². The second kappa shape index (κ2) is 4.25. The van der Waals surface area contributed by atoms with Crippen LogP contribution in [0.1, 0.15) is 24.5 Å². The minimum atomic E-state index is -4.46. The van der Waals surface area contributed by atoms with Crippen molar-refractivity contribution in [2.24, 2.45) is 0 Å². The summed E-state index contributed by atoms with van der Waals surface area (Å²) in [6.07, 6.45) is -4.96. The summed E-state index contributed by atoms with van der Waals surface area (Å²) in [4.78, 5) is 22.4. The molecule has 1 aromatic carbocycles. The Labute approximate surface area is 106 Å². The number of carbonyl (C=O) groups is 2. The molecule has 1 saturated heterocycles. The van der Waals surface area contributed by atoms with E-state index in [0.717, 1.165) is 24.3 Å². The number of halogens is 3. The van der Waals surface area contributed by atoms with Crippen LogP contribution in [0.25, 0.3) is 0 Å². The van der Waals surface area contributed by atoms with Crippen LogP contribution in [-0.4, -0.2) is 11.9 Å². The average molecular weight is 274 g/mol. The van der Waals surface area contributed by atoms with E-state index in [2.05, 4.69) is 0 Å². The normalized spacial score (nSPS) is 18.7. The molecule has 0 atom stereocenters. The van der Waals surface area contributed by atoms with Gasteiger partial charge in [-0.25, -0.2) is 0 Å². The van der Waals surface area contributed by atoms with Crippen molar-refractivity contribution >= 4 is 11.9 Å². The summed E-state index contributed by atoms with van der Waals surface area (Å²) in [5.41, 5.74) is -0.685. The number of alkyl halides is 3. The van der Waals surface area contributed by atoms with Gasteiger partial charge >= 0.3 is 18.1 Å². The van der Waals surface area contributed by atoms with Crippen molar-refractivity contribution < 1.29 is 32.2 Å². The highest BCUT2D eigenvalue weighted by Gasteiger charge is 2.41. The standard InChI is InChI=1S/C12H9F3O4/c1-11(18-9(16)6-10(17)19-11)7-2-4-8(5-3-7)12(13,14)15/h2-5H,6H2,1H3. The van der Waals surface area contributed by atoms with Crippen molar-refractivity contribution in [2.45, 2.75) is 25.3 Å². The van der Waals surface area contributed by atoms with Crippen molar-refractivity contribution in [3.63, 3.8) is 0 Å². The number of cyclic esters (lactones) is 2. The molecule has 0 aromatic heterocycles. The Morgan fingerprint density at radius 3 is 1.95 bits per heavy atom. The zero-order valence-corrected chi connectivity index (χ0v) is 9.78. The molecule has 0 radical (unpaired) electrons. The van der Waals surface area contributed by atoms with Gasteiger partial charge in [-0.15, -0.1) is 0 Å². The first-order valence-electron chi connectivity index (χ1n) is 5.32. The Morgan fingerprint density at radius 1 is 1.05 bits per heavy atom. The zero-order chi connectivity index (χ0) is 14.3. The van der Waals surface area contributed by atoms with Crippen LogP contribution in [-0.2, 0) is 31.0 Å². The lowest BCUT2D eigenvalue weighted by Gasteiger charge is -2.32. The van der Waals surface area contributed by atoms with Crippen LogP contribution in [0, 0.1) is 0 Å². The minimum Gasteiger partial charge on any atom is -0.418 e. The van der Waals surface area contributed by atoms with Crippen LogP contribution in [0.2, 0.25) is 0 Å². The van der Waals surface area contributed by atoms with E-state index in [1.54, 1.807) is 0 Å². The van der Waals surface area contributed by atoms with Gasteiger partial charge < -0.3 is 9.47 Å². The van der Waals surface area contributed by atoms with E-state index in [1.165, 1.54) is 6.92 Å². The smallest absolute Gasteiger partial charge is 0.416 e. The van der Waals surface area contributed by atoms with Gasteiger partial charge in [0, 0.05) is 12.5 Å². The summed E-state index contributed by atoms with van der Waals surface area (Å²) in [7, 11) is 0. The minimum absolute atomic E-state index is 0.155. The Morgan fingerprint density at radius 2 is 1.53 bits per heavy atom. The molecular weight excluding hydrogens is 265 g/mol. The number of benzene rings is 1. The second-order valence-corrected chi connectivity index (χ2v) is 4.15. The molecular formula is C12H9F3O4. The van der Waals surface area contributed by atoms with Gasteiger partial charge in [0.1, 0.15) is 6.42 Å². The van der Waals surface area contributed by atoms with Gasteiger partial charge in [0.2, 0.25) is 0 Å². The highest BCUT2D eigenvalue weighted by atomic mass is 19.4. The monoisotopic (exact) mass is 274 g/mol. The van der Waals surface area contributed by atoms with E-state index in [4.69, 9.17) is 9.47 Å². The van der Waals surface area contributed by atoms with Crippen molar-refractivity contribution in [2.75, 3.05) is 0 Å². The van der Waals surface area contributed by atoms with Crippen molar-refractivity contribution in [1.82, 2.24) is 0 Å². The van der Waals surface area contributed by atoms with Gasteiger partial charge in [-0.2, -0.15) is 13.2 Å². The van der Waals surface area contributed by atoms with E-state index in [0.29, 0.717) is 0 Å². The lowest BCUT2D eigenvalue weighted by molar-refractivity contribution is -0.242. The van der Waals surface area contributed by atoms with Crippen LogP contribution in [0.3, 0.4) is 0 Å². The molecule has 0 spiro atoms. The molecule has 1 aromatic rings. The molecule has 0 bridgehead atoms. The third-order valence-corrected chi connectivity index (χ3v) is 2.64. The first kappa shape index (κ1) is 13.4. The first-order valence-corrected chi connectivity index (χ1v) is 5.32. The topological polar surface area (TPSA) is 52.6 Å². The molecule has 1 aliphatic heterocycles. The highest BCUT2D eigenvalue weighted by Crippen LogP contribution is 2.34. The Balaban J connectivity index is 2.31. The van der Waals surface area contributed by atoms with Crippen LogP contribution in [0.15, 0.2) is 24.3 Å². The fraction of sp³-hybridized carbons (Fsp3) is 0.333. The number of hydrogen-bond acceptors (Lipinski definition) is 4. The summed E-state index contributed by atoms with van der Waals surface area (Å²) in [6, 6.07) is 3.87. The molecule has 1 fully saturated rings. The Bertz CT molecular complexity index is 503. The average Bonchev–Trinajstić information content (AvgIpc) is 2.26. The van der Waals surface area contributed by atoms with Crippen molar-refractivity contribution in [3.05, 3.63) is 35.4 Å². The lowest BCUT2D eigenvalue weighted by Crippen LogP contribution is -2.40. The van der Waals surface area contributed by atoms with Crippen LogP contribution >= 0.6 is 0 Å². The fourth-order valence-electron chi connectivity index (χ4n) is 1.73. The van der Waals surface area contributed by atoms with E-state index < -0.39 is 35.9 Å².